The van der Waals surface area contributed by atoms with Crippen molar-refractivity contribution in [2.45, 2.75) is 13.8 Å². The molecule has 2 aromatic heterocycles. The van der Waals surface area contributed by atoms with Crippen molar-refractivity contribution in [1.29, 1.82) is 0 Å². The van der Waals surface area contributed by atoms with Crippen LogP contribution in [0.3, 0.4) is 0 Å². The van der Waals surface area contributed by atoms with Crippen molar-refractivity contribution in [3.63, 3.8) is 0 Å². The highest BCUT2D eigenvalue weighted by Gasteiger charge is 2.16. The summed E-state index contributed by atoms with van der Waals surface area (Å²) in [6, 6.07) is 4.65. The Morgan fingerprint density at radius 1 is 1.11 bits per heavy atom. The Balaban J connectivity index is 2.52. The van der Waals surface area contributed by atoms with Crippen LogP contribution in [0, 0.1) is 13.8 Å². The maximum Gasteiger partial charge on any atom is 0.371 e. The minimum atomic E-state index is -1.13. The van der Waals surface area contributed by atoms with Crippen LogP contribution in [-0.4, -0.2) is 11.1 Å². The Bertz CT molecular complexity index is 882. The minimum Gasteiger partial charge on any atom is -0.475 e. The van der Waals surface area contributed by atoms with Crippen LogP contribution in [0.2, 0.25) is 0 Å². The SMILES string of the molecule is Cc1cc(=O)oc2c(C)c3oc(C(=O)O)cc3cc12. The molecular formula is C14H10O5. The van der Waals surface area contributed by atoms with Gasteiger partial charge in [-0.1, -0.05) is 0 Å². The second kappa shape index (κ2) is 3.71. The molecule has 3 rings (SSSR count). The van der Waals surface area contributed by atoms with Crippen LogP contribution in [0.25, 0.3) is 21.9 Å². The van der Waals surface area contributed by atoms with Gasteiger partial charge < -0.3 is 13.9 Å². The number of furan rings is 1. The molecule has 0 aliphatic rings. The molecular weight excluding hydrogens is 248 g/mol. The number of rotatable bonds is 1. The Kier molecular flexibility index (Phi) is 2.25. The van der Waals surface area contributed by atoms with Crippen LogP contribution in [0.1, 0.15) is 21.7 Å². The van der Waals surface area contributed by atoms with Gasteiger partial charge in [-0.2, -0.15) is 0 Å². The number of aromatic carboxylic acids is 1. The first kappa shape index (κ1) is 11.5. The molecule has 5 heteroatoms. The third-order valence-electron chi connectivity index (χ3n) is 3.16. The predicted octanol–water partition coefficient (Wildman–Crippen LogP) is 2.85. The standard InChI is InChI=1S/C14H10O5/c1-6-3-11(15)19-13-7(2)12-8(4-9(6)13)5-10(18-12)14(16)17/h3-5H,1-2H3,(H,16,17). The van der Waals surface area contributed by atoms with E-state index in [1.807, 2.05) is 6.92 Å². The van der Waals surface area contributed by atoms with E-state index in [4.69, 9.17) is 13.9 Å². The van der Waals surface area contributed by atoms with E-state index >= 15 is 0 Å². The zero-order chi connectivity index (χ0) is 13.7. The van der Waals surface area contributed by atoms with Crippen LogP contribution in [0.4, 0.5) is 0 Å². The van der Waals surface area contributed by atoms with Gasteiger partial charge in [0.2, 0.25) is 5.76 Å². The molecule has 1 aromatic carbocycles. The molecule has 0 fully saturated rings. The highest BCUT2D eigenvalue weighted by atomic mass is 16.4. The first-order valence-corrected chi connectivity index (χ1v) is 5.68. The lowest BCUT2D eigenvalue weighted by Crippen LogP contribution is -1.98. The van der Waals surface area contributed by atoms with E-state index in [-0.39, 0.29) is 5.76 Å². The van der Waals surface area contributed by atoms with Gasteiger partial charge in [-0.05, 0) is 31.5 Å². The van der Waals surface area contributed by atoms with E-state index in [9.17, 15) is 9.59 Å². The van der Waals surface area contributed by atoms with Crippen molar-refractivity contribution in [1.82, 2.24) is 0 Å². The van der Waals surface area contributed by atoms with Gasteiger partial charge >= 0.3 is 11.6 Å². The number of carbonyl (C=O) groups is 1. The molecule has 0 atom stereocenters. The minimum absolute atomic E-state index is 0.131. The van der Waals surface area contributed by atoms with Crippen LogP contribution in [-0.2, 0) is 0 Å². The topological polar surface area (TPSA) is 80.7 Å². The zero-order valence-electron chi connectivity index (χ0n) is 10.3. The summed E-state index contributed by atoms with van der Waals surface area (Å²) >= 11 is 0. The van der Waals surface area contributed by atoms with Crippen LogP contribution >= 0.6 is 0 Å². The maximum atomic E-state index is 11.4. The van der Waals surface area contributed by atoms with Gasteiger partial charge in [-0.3, -0.25) is 0 Å². The van der Waals surface area contributed by atoms with Crippen molar-refractivity contribution >= 4 is 27.9 Å². The summed E-state index contributed by atoms with van der Waals surface area (Å²) in [6.45, 7) is 3.55. The third-order valence-corrected chi connectivity index (χ3v) is 3.16. The van der Waals surface area contributed by atoms with Crippen molar-refractivity contribution < 1.29 is 18.7 Å². The zero-order valence-corrected chi connectivity index (χ0v) is 10.3. The third kappa shape index (κ3) is 1.62. The summed E-state index contributed by atoms with van der Waals surface area (Å²) in [5.74, 6) is -1.26. The predicted molar refractivity (Wildman–Crippen MR) is 68.7 cm³/mol. The Morgan fingerprint density at radius 2 is 1.84 bits per heavy atom. The Hall–Kier alpha value is -2.56. The molecule has 1 N–H and O–H groups in total. The second-order valence-electron chi connectivity index (χ2n) is 4.46. The molecule has 0 bridgehead atoms. The highest BCUT2D eigenvalue weighted by molar-refractivity contribution is 6.01. The van der Waals surface area contributed by atoms with Crippen molar-refractivity contribution in [2.24, 2.45) is 0 Å². The summed E-state index contributed by atoms with van der Waals surface area (Å²) in [5.41, 5.74) is 1.84. The Labute approximate surface area is 107 Å². The number of hydrogen-bond acceptors (Lipinski definition) is 4. The van der Waals surface area contributed by atoms with E-state index < -0.39 is 11.6 Å². The molecule has 0 saturated carbocycles. The lowest BCUT2D eigenvalue weighted by atomic mass is 10.1. The van der Waals surface area contributed by atoms with Crippen molar-refractivity contribution in [3.05, 3.63) is 45.5 Å². The first-order valence-electron chi connectivity index (χ1n) is 5.68. The van der Waals surface area contributed by atoms with Gasteiger partial charge in [0.25, 0.3) is 0 Å². The van der Waals surface area contributed by atoms with E-state index in [1.165, 1.54) is 12.1 Å². The molecule has 0 saturated heterocycles. The molecule has 2 heterocycles. The summed E-state index contributed by atoms with van der Waals surface area (Å²) in [4.78, 5) is 22.3. The van der Waals surface area contributed by atoms with E-state index in [2.05, 4.69) is 0 Å². The molecule has 19 heavy (non-hydrogen) atoms. The number of hydrogen-bond donors (Lipinski definition) is 1. The lowest BCUT2D eigenvalue weighted by Gasteiger charge is -2.03. The maximum absolute atomic E-state index is 11.4. The molecule has 0 aliphatic heterocycles. The number of benzene rings is 1. The molecule has 0 unspecified atom stereocenters. The number of aryl methyl sites for hydroxylation is 2. The molecule has 0 amide bonds. The van der Waals surface area contributed by atoms with Gasteiger partial charge in [0, 0.05) is 22.4 Å². The lowest BCUT2D eigenvalue weighted by molar-refractivity contribution is 0.0665. The number of carboxylic acid groups (broad SMARTS) is 1. The normalized spacial score (nSPS) is 11.3. The van der Waals surface area contributed by atoms with Crippen LogP contribution in [0.5, 0.6) is 0 Å². The largest absolute Gasteiger partial charge is 0.475 e. The van der Waals surface area contributed by atoms with Crippen LogP contribution in [0.15, 0.2) is 31.8 Å². The van der Waals surface area contributed by atoms with Gasteiger partial charge in [0.15, 0.2) is 0 Å². The monoisotopic (exact) mass is 258 g/mol. The smallest absolute Gasteiger partial charge is 0.371 e. The van der Waals surface area contributed by atoms with Crippen molar-refractivity contribution in [2.75, 3.05) is 0 Å². The fourth-order valence-corrected chi connectivity index (χ4v) is 2.25. The Morgan fingerprint density at radius 3 is 2.53 bits per heavy atom. The summed E-state index contributed by atoms with van der Waals surface area (Å²) < 4.78 is 10.5. The van der Waals surface area contributed by atoms with Crippen molar-refractivity contribution in [3.8, 4) is 0 Å². The fraction of sp³-hybridized carbons (Fsp3) is 0.143. The summed E-state index contributed by atoms with van der Waals surface area (Å²) in [7, 11) is 0. The van der Waals surface area contributed by atoms with Gasteiger partial charge in [-0.25, -0.2) is 9.59 Å². The number of fused-ring (bicyclic) bond motifs is 2. The van der Waals surface area contributed by atoms with E-state index in [1.54, 1.807) is 13.0 Å². The quantitative estimate of drug-likeness (QED) is 0.679. The van der Waals surface area contributed by atoms with E-state index in [0.29, 0.717) is 22.1 Å². The summed E-state index contributed by atoms with van der Waals surface area (Å²) in [5, 5.41) is 10.4. The van der Waals surface area contributed by atoms with Crippen LogP contribution < -0.4 is 5.63 Å². The molecule has 3 aromatic rings. The second-order valence-corrected chi connectivity index (χ2v) is 4.46. The van der Waals surface area contributed by atoms with Gasteiger partial charge in [-0.15, -0.1) is 0 Å². The van der Waals surface area contributed by atoms with Gasteiger partial charge in [0.1, 0.15) is 11.2 Å². The molecule has 5 nitrogen and oxygen atoms in total. The van der Waals surface area contributed by atoms with E-state index in [0.717, 1.165) is 10.9 Å². The molecule has 0 radical (unpaired) electrons. The summed E-state index contributed by atoms with van der Waals surface area (Å²) in [6.07, 6.45) is 0. The highest BCUT2D eigenvalue weighted by Crippen LogP contribution is 2.30. The number of carboxylic acids is 1. The average Bonchev–Trinajstić information content (AvgIpc) is 2.75. The fourth-order valence-electron chi connectivity index (χ4n) is 2.25. The van der Waals surface area contributed by atoms with Gasteiger partial charge in [0.05, 0.1) is 0 Å². The average molecular weight is 258 g/mol. The molecule has 96 valence electrons. The first-order chi connectivity index (χ1) is 8.97. The molecule has 0 aliphatic carbocycles. The molecule has 0 spiro atoms.